The van der Waals surface area contributed by atoms with Crippen molar-refractivity contribution in [1.82, 2.24) is 19.5 Å². The molecule has 0 saturated carbocycles. The van der Waals surface area contributed by atoms with E-state index in [4.69, 9.17) is 48.8 Å². The fourth-order valence-corrected chi connectivity index (χ4v) is 3.74. The summed E-state index contributed by atoms with van der Waals surface area (Å²) in [6, 6.07) is 3.57. The molecule has 184 valence electrons. The van der Waals surface area contributed by atoms with E-state index in [0.717, 1.165) is 16.7 Å². The van der Waals surface area contributed by atoms with Crippen LogP contribution in [0.3, 0.4) is 0 Å². The Balaban J connectivity index is 1.63. The summed E-state index contributed by atoms with van der Waals surface area (Å²) in [4.78, 5) is 20.2. The number of carbonyl (C=O) groups excluding carboxylic acids is 1. The minimum Gasteiger partial charge on any atom is -0.477 e. The Morgan fingerprint density at radius 2 is 1.86 bits per heavy atom. The second-order valence-corrected chi connectivity index (χ2v) is 8.35. The number of alkyl halides is 3. The lowest BCUT2D eigenvalue weighted by molar-refractivity contribution is -0.150. The van der Waals surface area contributed by atoms with Crippen LogP contribution in [0.25, 0.3) is 28.6 Å². The van der Waals surface area contributed by atoms with E-state index < -0.39 is 23.8 Å². The minimum absolute atomic E-state index is 0.0169. The van der Waals surface area contributed by atoms with Crippen LogP contribution in [0.4, 0.5) is 13.2 Å². The van der Waals surface area contributed by atoms with Gasteiger partial charge >= 0.3 is 12.1 Å². The molecule has 1 unspecified atom stereocenters. The van der Waals surface area contributed by atoms with Gasteiger partial charge in [-0.15, -0.1) is 0 Å². The molecule has 0 bridgehead atoms. The van der Waals surface area contributed by atoms with Crippen molar-refractivity contribution >= 4 is 46.4 Å². The highest BCUT2D eigenvalue weighted by atomic mass is 35.5. The number of halogens is 6. The maximum absolute atomic E-state index is 13.1. The molecule has 0 saturated heterocycles. The zero-order valence-electron chi connectivity index (χ0n) is 17.9. The Hall–Kier alpha value is -3.02. The van der Waals surface area contributed by atoms with Crippen LogP contribution in [-0.2, 0) is 15.7 Å². The molecule has 0 radical (unpaired) electrons. The molecule has 4 rings (SSSR count). The molecule has 1 atom stereocenters. The maximum atomic E-state index is 13.1. The third kappa shape index (κ3) is 5.16. The summed E-state index contributed by atoms with van der Waals surface area (Å²) in [5.74, 6) is -0.482. The van der Waals surface area contributed by atoms with Crippen LogP contribution < -0.4 is 4.74 Å². The molecular formula is C21H14Cl3F3N4O4. The van der Waals surface area contributed by atoms with Crippen molar-refractivity contribution in [2.75, 3.05) is 6.61 Å². The molecule has 8 nitrogen and oxygen atoms in total. The first-order chi connectivity index (χ1) is 16.5. The first kappa shape index (κ1) is 25.1. The van der Waals surface area contributed by atoms with E-state index in [1.54, 1.807) is 6.92 Å². The molecule has 0 spiro atoms. The van der Waals surface area contributed by atoms with Crippen LogP contribution in [0.15, 0.2) is 35.1 Å². The summed E-state index contributed by atoms with van der Waals surface area (Å²) >= 11 is 18.6. The van der Waals surface area contributed by atoms with E-state index in [9.17, 15) is 18.0 Å². The number of fused-ring (bicyclic) bond motifs is 1. The fraction of sp³-hybridized carbons (Fsp3) is 0.238. The van der Waals surface area contributed by atoms with Crippen LogP contribution in [0.2, 0.25) is 15.1 Å². The van der Waals surface area contributed by atoms with E-state index in [0.29, 0.717) is 0 Å². The van der Waals surface area contributed by atoms with Gasteiger partial charge in [-0.2, -0.15) is 18.2 Å². The lowest BCUT2D eigenvalue weighted by atomic mass is 10.2. The first-order valence-electron chi connectivity index (χ1n) is 9.90. The van der Waals surface area contributed by atoms with Gasteiger partial charge in [0.25, 0.3) is 5.89 Å². The number of esters is 1. The quantitative estimate of drug-likeness (QED) is 0.258. The van der Waals surface area contributed by atoms with Gasteiger partial charge in [0.2, 0.25) is 5.82 Å². The van der Waals surface area contributed by atoms with Gasteiger partial charge < -0.3 is 18.4 Å². The van der Waals surface area contributed by atoms with Gasteiger partial charge in [0, 0.05) is 18.5 Å². The van der Waals surface area contributed by atoms with Crippen LogP contribution in [0, 0.1) is 0 Å². The monoisotopic (exact) mass is 548 g/mol. The molecule has 14 heteroatoms. The Morgan fingerprint density at radius 1 is 1.11 bits per heavy atom. The van der Waals surface area contributed by atoms with Gasteiger partial charge in [0.05, 0.1) is 32.8 Å². The largest absolute Gasteiger partial charge is 0.477 e. The number of imidazole rings is 1. The molecule has 0 N–H and O–H groups in total. The zero-order valence-corrected chi connectivity index (χ0v) is 20.1. The van der Waals surface area contributed by atoms with Crippen LogP contribution >= 0.6 is 34.8 Å². The number of hydrogen-bond acceptors (Lipinski definition) is 7. The summed E-state index contributed by atoms with van der Waals surface area (Å²) in [6.07, 6.45) is -3.37. The van der Waals surface area contributed by atoms with Crippen LogP contribution in [0.1, 0.15) is 19.4 Å². The number of hydrogen-bond donors (Lipinski definition) is 0. The zero-order chi connectivity index (χ0) is 25.5. The van der Waals surface area contributed by atoms with E-state index in [-0.39, 0.29) is 56.0 Å². The van der Waals surface area contributed by atoms with Gasteiger partial charge in [-0.1, -0.05) is 40.0 Å². The van der Waals surface area contributed by atoms with Crippen molar-refractivity contribution in [1.29, 1.82) is 0 Å². The van der Waals surface area contributed by atoms with Crippen molar-refractivity contribution in [3.63, 3.8) is 0 Å². The lowest BCUT2D eigenvalue weighted by Gasteiger charge is -2.15. The van der Waals surface area contributed by atoms with Crippen LogP contribution in [-0.4, -0.2) is 38.2 Å². The van der Waals surface area contributed by atoms with Gasteiger partial charge in [0.15, 0.2) is 11.8 Å². The number of aromatic nitrogens is 4. The summed E-state index contributed by atoms with van der Waals surface area (Å²) in [6.45, 7) is 3.36. The van der Waals surface area contributed by atoms with Crippen molar-refractivity contribution in [2.45, 2.75) is 26.1 Å². The number of ether oxygens (including phenoxy) is 2. The fourth-order valence-electron chi connectivity index (χ4n) is 3.04. The van der Waals surface area contributed by atoms with Gasteiger partial charge in [-0.3, -0.25) is 0 Å². The van der Waals surface area contributed by atoms with Crippen molar-refractivity contribution in [2.24, 2.45) is 0 Å². The summed E-state index contributed by atoms with van der Waals surface area (Å²) in [7, 11) is 0. The predicted octanol–water partition coefficient (Wildman–Crippen LogP) is 6.36. The first-order valence-corrected chi connectivity index (χ1v) is 11.0. The van der Waals surface area contributed by atoms with Gasteiger partial charge in [-0.05, 0) is 26.0 Å². The van der Waals surface area contributed by atoms with Gasteiger partial charge in [-0.25, -0.2) is 9.78 Å². The van der Waals surface area contributed by atoms with E-state index in [1.165, 1.54) is 25.3 Å². The Morgan fingerprint density at radius 3 is 2.54 bits per heavy atom. The molecular weight excluding hydrogens is 536 g/mol. The molecule has 3 aromatic heterocycles. The molecule has 0 aliphatic rings. The molecule has 4 aromatic rings. The standard InChI is InChI=1S/C21H14Cl3F3N4O4/c1-3-33-20(32)9(2)34-16-6-12(22)11(5-13(16)23)19-29-17(30-35-19)15-8-31-7-10(21(25,26)27)4-14(24)18(31)28-15/h4-9H,3H2,1-2H3. The molecule has 3 heterocycles. The molecule has 0 aliphatic heterocycles. The Bertz CT molecular complexity index is 1420. The second-order valence-electron chi connectivity index (χ2n) is 7.13. The number of nitrogens with zero attached hydrogens (tertiary/aromatic N) is 4. The highest BCUT2D eigenvalue weighted by Crippen LogP contribution is 2.38. The average Bonchev–Trinajstić information content (AvgIpc) is 3.43. The average molecular weight is 550 g/mol. The normalized spacial score (nSPS) is 12.7. The number of benzene rings is 1. The Labute approximate surface area is 210 Å². The molecule has 1 aromatic carbocycles. The molecule has 0 aliphatic carbocycles. The van der Waals surface area contributed by atoms with Crippen molar-refractivity contribution in [3.05, 3.63) is 51.2 Å². The second kappa shape index (κ2) is 9.56. The van der Waals surface area contributed by atoms with Crippen molar-refractivity contribution in [3.8, 4) is 28.7 Å². The smallest absolute Gasteiger partial charge is 0.417 e. The molecule has 35 heavy (non-hydrogen) atoms. The van der Waals surface area contributed by atoms with E-state index in [2.05, 4.69) is 15.1 Å². The predicted molar refractivity (Wildman–Crippen MR) is 121 cm³/mol. The topological polar surface area (TPSA) is 91.8 Å². The Kier molecular flexibility index (Phi) is 6.85. The highest BCUT2D eigenvalue weighted by molar-refractivity contribution is 6.36. The summed E-state index contributed by atoms with van der Waals surface area (Å²) in [5, 5.41) is 3.86. The maximum Gasteiger partial charge on any atom is 0.417 e. The SMILES string of the molecule is CCOC(=O)C(C)Oc1cc(Cl)c(-c2nc(-c3cn4cc(C(F)(F)F)cc(Cl)c4n3)no2)cc1Cl. The summed E-state index contributed by atoms with van der Waals surface area (Å²) in [5.41, 5.74) is -0.479. The third-order valence-corrected chi connectivity index (χ3v) is 5.55. The number of pyridine rings is 1. The van der Waals surface area contributed by atoms with Gasteiger partial charge in [0.1, 0.15) is 11.4 Å². The lowest BCUT2D eigenvalue weighted by Crippen LogP contribution is -2.26. The number of carbonyl (C=O) groups is 1. The van der Waals surface area contributed by atoms with E-state index >= 15 is 0 Å². The third-order valence-electron chi connectivity index (χ3n) is 4.66. The van der Waals surface area contributed by atoms with E-state index in [1.807, 2.05) is 0 Å². The molecule has 0 amide bonds. The van der Waals surface area contributed by atoms with Crippen molar-refractivity contribution < 1.29 is 32.0 Å². The molecule has 0 fully saturated rings. The number of rotatable bonds is 6. The van der Waals surface area contributed by atoms with Crippen LogP contribution in [0.5, 0.6) is 5.75 Å². The summed E-state index contributed by atoms with van der Waals surface area (Å²) < 4.78 is 56.0. The minimum atomic E-state index is -4.58. The highest BCUT2D eigenvalue weighted by Gasteiger charge is 2.32.